The summed E-state index contributed by atoms with van der Waals surface area (Å²) in [7, 11) is 0. The van der Waals surface area contributed by atoms with Gasteiger partial charge in [0.15, 0.2) is 0 Å². The molecule has 1 aromatic heterocycles. The van der Waals surface area contributed by atoms with Crippen LogP contribution in [0, 0.1) is 5.92 Å². The van der Waals surface area contributed by atoms with E-state index in [4.69, 9.17) is 4.74 Å². The normalized spacial score (nSPS) is 21.1. The molecule has 22 heavy (non-hydrogen) atoms. The Morgan fingerprint density at radius 2 is 1.95 bits per heavy atom. The lowest BCUT2D eigenvalue weighted by Crippen LogP contribution is -2.17. The Kier molecular flexibility index (Phi) is 5.12. The molecule has 1 unspecified atom stereocenters. The van der Waals surface area contributed by atoms with Gasteiger partial charge in [-0.25, -0.2) is 0 Å². The van der Waals surface area contributed by atoms with Crippen LogP contribution in [0.3, 0.4) is 0 Å². The molecule has 1 fully saturated rings. The van der Waals surface area contributed by atoms with Crippen molar-refractivity contribution in [2.45, 2.75) is 77.0 Å². The first kappa shape index (κ1) is 15.5. The van der Waals surface area contributed by atoms with Crippen LogP contribution in [0.25, 0.3) is 0 Å². The van der Waals surface area contributed by atoms with Crippen molar-refractivity contribution < 1.29 is 9.53 Å². The van der Waals surface area contributed by atoms with E-state index in [2.05, 4.69) is 11.9 Å². The maximum absolute atomic E-state index is 12.2. The van der Waals surface area contributed by atoms with Crippen LogP contribution in [0.4, 0.5) is 0 Å². The summed E-state index contributed by atoms with van der Waals surface area (Å²) in [6.07, 6.45) is 14.0. The number of pyridine rings is 1. The number of rotatable bonds is 7. The molecule has 0 amide bonds. The second-order valence-corrected chi connectivity index (χ2v) is 6.82. The summed E-state index contributed by atoms with van der Waals surface area (Å²) in [5.74, 6) is 1.14. The molecule has 2 heterocycles. The number of unbranched alkanes of at least 4 members (excludes halogenated alkanes) is 4. The number of esters is 1. The maximum atomic E-state index is 12.2. The number of fused-ring (bicyclic) bond motifs is 1. The van der Waals surface area contributed by atoms with Gasteiger partial charge in [-0.3, -0.25) is 9.78 Å². The molecule has 3 heteroatoms. The second kappa shape index (κ2) is 7.26. The van der Waals surface area contributed by atoms with Crippen molar-refractivity contribution in [2.75, 3.05) is 0 Å². The van der Waals surface area contributed by atoms with Crippen molar-refractivity contribution >= 4 is 5.97 Å². The summed E-state index contributed by atoms with van der Waals surface area (Å²) < 4.78 is 5.54. The summed E-state index contributed by atoms with van der Waals surface area (Å²) in [5.41, 5.74) is 2.10. The van der Waals surface area contributed by atoms with Crippen molar-refractivity contribution in [2.24, 2.45) is 5.92 Å². The van der Waals surface area contributed by atoms with Crippen LogP contribution in [0.5, 0.6) is 5.75 Å². The van der Waals surface area contributed by atoms with Gasteiger partial charge in [-0.15, -0.1) is 0 Å². The lowest BCUT2D eigenvalue weighted by atomic mass is 9.86. The van der Waals surface area contributed by atoms with E-state index in [1.807, 2.05) is 12.3 Å². The summed E-state index contributed by atoms with van der Waals surface area (Å²) in [6.45, 7) is 2.23. The molecule has 1 aromatic rings. The Balaban J connectivity index is 1.62. The Hall–Kier alpha value is -1.38. The molecule has 3 rings (SSSR count). The van der Waals surface area contributed by atoms with Crippen molar-refractivity contribution in [3.05, 3.63) is 23.5 Å². The SMILES string of the molecule is CCCCCCCc1cc2c(cn1)C(C1CCCC1)C(=O)O2. The third kappa shape index (κ3) is 3.34. The van der Waals surface area contributed by atoms with Gasteiger partial charge in [-0.2, -0.15) is 0 Å². The molecule has 1 aliphatic heterocycles. The van der Waals surface area contributed by atoms with Gasteiger partial charge in [0, 0.05) is 23.5 Å². The summed E-state index contributed by atoms with van der Waals surface area (Å²) in [5, 5.41) is 0. The Morgan fingerprint density at radius 1 is 1.18 bits per heavy atom. The predicted molar refractivity (Wildman–Crippen MR) is 87.0 cm³/mol. The second-order valence-electron chi connectivity index (χ2n) is 6.82. The molecule has 1 aliphatic carbocycles. The van der Waals surface area contributed by atoms with E-state index in [-0.39, 0.29) is 11.9 Å². The van der Waals surface area contributed by atoms with Gasteiger partial charge in [0.2, 0.25) is 0 Å². The van der Waals surface area contributed by atoms with E-state index in [1.54, 1.807) is 0 Å². The zero-order valence-corrected chi connectivity index (χ0v) is 13.6. The highest BCUT2D eigenvalue weighted by atomic mass is 16.5. The summed E-state index contributed by atoms with van der Waals surface area (Å²) in [4.78, 5) is 16.8. The lowest BCUT2D eigenvalue weighted by Gasteiger charge is -2.14. The molecular weight excluding hydrogens is 274 g/mol. The van der Waals surface area contributed by atoms with Crippen molar-refractivity contribution in [1.82, 2.24) is 4.98 Å². The predicted octanol–water partition coefficient (Wildman–Crippen LogP) is 4.79. The molecule has 0 bridgehead atoms. The average Bonchev–Trinajstić information content (AvgIpc) is 3.13. The molecule has 2 aliphatic rings. The van der Waals surface area contributed by atoms with Crippen LogP contribution in [-0.4, -0.2) is 11.0 Å². The highest BCUT2D eigenvalue weighted by molar-refractivity contribution is 5.86. The molecule has 1 atom stereocenters. The van der Waals surface area contributed by atoms with E-state index in [9.17, 15) is 4.79 Å². The minimum atomic E-state index is -0.0522. The van der Waals surface area contributed by atoms with Crippen LogP contribution >= 0.6 is 0 Å². The van der Waals surface area contributed by atoms with Crippen molar-refractivity contribution in [3.63, 3.8) is 0 Å². The summed E-state index contributed by atoms with van der Waals surface area (Å²) in [6, 6.07) is 2.00. The molecule has 0 N–H and O–H groups in total. The number of aryl methyl sites for hydroxylation is 1. The van der Waals surface area contributed by atoms with Gasteiger partial charge in [-0.05, 0) is 31.6 Å². The first-order chi connectivity index (χ1) is 10.8. The van der Waals surface area contributed by atoms with E-state index >= 15 is 0 Å². The van der Waals surface area contributed by atoms with Crippen molar-refractivity contribution in [3.8, 4) is 5.75 Å². The van der Waals surface area contributed by atoms with Crippen LogP contribution in [0.2, 0.25) is 0 Å². The van der Waals surface area contributed by atoms with E-state index in [1.165, 1.54) is 44.9 Å². The standard InChI is InChI=1S/C19H27NO2/c1-2-3-4-5-6-11-15-12-17-16(13-20-15)18(19(21)22-17)14-9-7-8-10-14/h12-14,18H,2-11H2,1H3. The van der Waals surface area contributed by atoms with Gasteiger partial charge in [0.1, 0.15) is 5.75 Å². The first-order valence-corrected chi connectivity index (χ1v) is 9.00. The molecule has 1 saturated carbocycles. The lowest BCUT2D eigenvalue weighted by molar-refractivity contribution is -0.135. The van der Waals surface area contributed by atoms with Gasteiger partial charge < -0.3 is 4.74 Å². The Bertz CT molecular complexity index is 520. The number of ether oxygens (including phenoxy) is 1. The summed E-state index contributed by atoms with van der Waals surface area (Å²) >= 11 is 0. The molecule has 3 nitrogen and oxygen atoms in total. The minimum absolute atomic E-state index is 0.0520. The molecule has 0 radical (unpaired) electrons. The van der Waals surface area contributed by atoms with Crippen molar-refractivity contribution in [1.29, 1.82) is 0 Å². The minimum Gasteiger partial charge on any atom is -0.426 e. The topological polar surface area (TPSA) is 39.2 Å². The van der Waals surface area contributed by atoms with Crippen LogP contribution < -0.4 is 4.74 Å². The third-order valence-corrected chi connectivity index (χ3v) is 5.16. The van der Waals surface area contributed by atoms with E-state index in [0.29, 0.717) is 5.92 Å². The Labute approximate surface area is 133 Å². The monoisotopic (exact) mass is 301 g/mol. The molecule has 0 spiro atoms. The highest BCUT2D eigenvalue weighted by Gasteiger charge is 2.40. The number of hydrogen-bond acceptors (Lipinski definition) is 3. The van der Waals surface area contributed by atoms with Gasteiger partial charge in [-0.1, -0.05) is 45.4 Å². The fraction of sp³-hybridized carbons (Fsp3) is 0.684. The third-order valence-electron chi connectivity index (χ3n) is 5.16. The van der Waals surface area contributed by atoms with Gasteiger partial charge >= 0.3 is 5.97 Å². The van der Waals surface area contributed by atoms with Gasteiger partial charge in [0.25, 0.3) is 0 Å². The first-order valence-electron chi connectivity index (χ1n) is 9.00. The van der Waals surface area contributed by atoms with Gasteiger partial charge in [0.05, 0.1) is 5.92 Å². The Morgan fingerprint density at radius 3 is 2.73 bits per heavy atom. The highest BCUT2D eigenvalue weighted by Crippen LogP contribution is 2.45. The number of carbonyl (C=O) groups is 1. The fourth-order valence-corrected chi connectivity index (χ4v) is 3.89. The smallest absolute Gasteiger partial charge is 0.319 e. The quantitative estimate of drug-likeness (QED) is 0.537. The van der Waals surface area contributed by atoms with E-state index in [0.717, 1.165) is 36.3 Å². The largest absolute Gasteiger partial charge is 0.426 e. The molecular formula is C19H27NO2. The number of aromatic nitrogens is 1. The van der Waals surface area contributed by atoms with Crippen LogP contribution in [-0.2, 0) is 11.2 Å². The molecule has 120 valence electrons. The fourth-order valence-electron chi connectivity index (χ4n) is 3.89. The zero-order valence-electron chi connectivity index (χ0n) is 13.6. The molecule has 0 saturated heterocycles. The average molecular weight is 301 g/mol. The number of hydrogen-bond donors (Lipinski definition) is 0. The molecule has 0 aromatic carbocycles. The van der Waals surface area contributed by atoms with Crippen LogP contribution in [0.1, 0.15) is 81.9 Å². The zero-order chi connectivity index (χ0) is 15.4. The maximum Gasteiger partial charge on any atom is 0.319 e. The van der Waals surface area contributed by atoms with Crippen LogP contribution in [0.15, 0.2) is 12.3 Å². The number of nitrogens with zero attached hydrogens (tertiary/aromatic N) is 1. The number of carbonyl (C=O) groups excluding carboxylic acids is 1. The van der Waals surface area contributed by atoms with E-state index < -0.39 is 0 Å².